The van der Waals surface area contributed by atoms with E-state index >= 15 is 0 Å². The largest absolute Gasteiger partial charge is 0.455 e. The summed E-state index contributed by atoms with van der Waals surface area (Å²) in [5.74, 6) is 5.55. The minimum absolute atomic E-state index is 0.123. The highest BCUT2D eigenvalue weighted by Crippen LogP contribution is 2.51. The van der Waals surface area contributed by atoms with Gasteiger partial charge in [-0.25, -0.2) is 15.0 Å². The Labute approximate surface area is 742 Å². The van der Waals surface area contributed by atoms with Gasteiger partial charge in [0, 0.05) is 102 Å². The lowest BCUT2D eigenvalue weighted by atomic mass is 9.82. The molecule has 26 aromatic rings. The number of fused-ring (bicyclic) bond motifs is 24. The van der Waals surface area contributed by atoms with Gasteiger partial charge in [0.25, 0.3) is 0 Å². The molecule has 9 aromatic heterocycles. The second kappa shape index (κ2) is 30.2. The van der Waals surface area contributed by atoms with Crippen LogP contribution in [0.15, 0.2) is 409 Å². The average molecular weight is 1670 g/mol. The summed E-state index contributed by atoms with van der Waals surface area (Å²) in [5, 5.41) is 13.7. The Morgan fingerprint density at radius 1 is 0.225 bits per heavy atom. The van der Waals surface area contributed by atoms with Crippen LogP contribution in [0.4, 0.5) is 0 Å². The summed E-state index contributed by atoms with van der Waals surface area (Å²) in [5.41, 5.74) is 22.7. The van der Waals surface area contributed by atoms with E-state index in [-0.39, 0.29) is 5.41 Å². The van der Waals surface area contributed by atoms with E-state index < -0.39 is 0 Å². The van der Waals surface area contributed by atoms with Gasteiger partial charge < -0.3 is 8.83 Å². The van der Waals surface area contributed by atoms with Gasteiger partial charge in [-0.15, -0.1) is 11.3 Å². The third-order valence-corrected chi connectivity index (χ3v) is 26.4. The lowest BCUT2D eigenvalue weighted by Crippen LogP contribution is -2.15. The Hall–Kier alpha value is -17.0. The number of rotatable bonds is 10. The Morgan fingerprint density at radius 2 is 0.543 bits per heavy atom. The fourth-order valence-electron chi connectivity index (χ4n) is 19.2. The smallest absolute Gasteiger partial charge is 0.238 e. The SMILES string of the molecule is CC1(C)c2ccccc2-c2ccc(-c3nc(-c4ccccc4)nc(-n4c5ccccc5c5c6sc7ccccc7c6ccc54)n3)cc21.c1ccc(-c2ccc(-c3nc(-c4ccccc4)nc(-n4c5ccccc5c5c6oc7ccccc7c6ccc54)n3)cc2)cc1.c1ccc(-c2nc(-c3ccccc3)nc(-n3c4ccccc4c4c5oc6ccccc6c5ccc43)n2)cc1. The highest BCUT2D eigenvalue weighted by molar-refractivity contribution is 7.26. The summed E-state index contributed by atoms with van der Waals surface area (Å²) in [6.07, 6.45) is 0. The number of aromatic nitrogens is 12. The fraction of sp³-hybridized carbons (Fsp3) is 0.0263. The van der Waals surface area contributed by atoms with Crippen LogP contribution >= 0.6 is 11.3 Å². The summed E-state index contributed by atoms with van der Waals surface area (Å²) >= 11 is 1.85. The minimum atomic E-state index is -0.123. The maximum Gasteiger partial charge on any atom is 0.238 e. The molecule has 606 valence electrons. The minimum Gasteiger partial charge on any atom is -0.455 e. The van der Waals surface area contributed by atoms with Crippen molar-refractivity contribution in [1.82, 2.24) is 58.6 Å². The summed E-state index contributed by atoms with van der Waals surface area (Å²) < 4.78 is 22.0. The molecular weight excluding hydrogens is 1600 g/mol. The lowest BCUT2D eigenvalue weighted by molar-refractivity contribution is 0.660. The molecule has 14 nitrogen and oxygen atoms in total. The second-order valence-corrected chi connectivity index (χ2v) is 34.1. The predicted octanol–water partition coefficient (Wildman–Crippen LogP) is 29.0. The summed E-state index contributed by atoms with van der Waals surface area (Å²) in [7, 11) is 0. The van der Waals surface area contributed by atoms with Crippen LogP contribution in [0.1, 0.15) is 25.0 Å². The molecule has 0 amide bonds. The fourth-order valence-corrected chi connectivity index (χ4v) is 20.4. The molecule has 0 fully saturated rings. The molecule has 17 aromatic carbocycles. The second-order valence-electron chi connectivity index (χ2n) is 33.0. The number of hydrogen-bond donors (Lipinski definition) is 0. The van der Waals surface area contributed by atoms with Gasteiger partial charge in [-0.2, -0.15) is 29.9 Å². The van der Waals surface area contributed by atoms with Crippen molar-refractivity contribution in [3.8, 4) is 108 Å². The number of hydrogen-bond acceptors (Lipinski definition) is 12. The molecule has 0 unspecified atom stereocenters. The van der Waals surface area contributed by atoms with Crippen molar-refractivity contribution >= 4 is 141 Å². The van der Waals surface area contributed by atoms with Crippen LogP contribution in [0.25, 0.3) is 238 Å². The first-order valence-corrected chi connectivity index (χ1v) is 44.0. The monoisotopic (exact) mass is 1670 g/mol. The van der Waals surface area contributed by atoms with Crippen LogP contribution < -0.4 is 0 Å². The molecule has 9 heterocycles. The van der Waals surface area contributed by atoms with Crippen LogP contribution in [0.5, 0.6) is 0 Å². The van der Waals surface area contributed by atoms with E-state index in [0.717, 1.165) is 137 Å². The molecule has 0 atom stereocenters. The Bertz CT molecular complexity index is 8910. The quantitative estimate of drug-likeness (QED) is 0.128. The molecule has 0 N–H and O–H groups in total. The first kappa shape index (κ1) is 74.6. The molecule has 0 bridgehead atoms. The summed E-state index contributed by atoms with van der Waals surface area (Å²) in [6.45, 7) is 4.62. The van der Waals surface area contributed by atoms with E-state index in [0.29, 0.717) is 52.8 Å². The van der Waals surface area contributed by atoms with E-state index in [1.54, 1.807) is 0 Å². The number of para-hydroxylation sites is 5. The van der Waals surface area contributed by atoms with Crippen LogP contribution in [-0.2, 0) is 5.41 Å². The summed E-state index contributed by atoms with van der Waals surface area (Å²) in [4.78, 5) is 45.6. The zero-order chi connectivity index (χ0) is 85.4. The van der Waals surface area contributed by atoms with E-state index in [2.05, 4.69) is 276 Å². The zero-order valence-electron chi connectivity index (χ0n) is 69.7. The topological polar surface area (TPSA) is 157 Å². The lowest BCUT2D eigenvalue weighted by Gasteiger charge is -2.21. The molecule has 0 radical (unpaired) electrons. The first-order valence-electron chi connectivity index (χ1n) is 43.1. The summed E-state index contributed by atoms with van der Waals surface area (Å²) in [6, 6.07) is 138. The van der Waals surface area contributed by atoms with E-state index in [1.807, 2.05) is 163 Å². The molecule has 0 aliphatic heterocycles. The van der Waals surface area contributed by atoms with Gasteiger partial charge >= 0.3 is 0 Å². The maximum absolute atomic E-state index is 6.49. The number of thiophene rings is 1. The van der Waals surface area contributed by atoms with Gasteiger partial charge in [-0.1, -0.05) is 341 Å². The normalized spacial score (nSPS) is 12.3. The molecule has 1 aliphatic rings. The molecule has 15 heteroatoms. The molecule has 27 rings (SSSR count). The third kappa shape index (κ3) is 12.4. The van der Waals surface area contributed by atoms with Crippen molar-refractivity contribution in [2.45, 2.75) is 19.3 Å². The van der Waals surface area contributed by atoms with Crippen molar-refractivity contribution in [2.75, 3.05) is 0 Å². The van der Waals surface area contributed by atoms with Crippen LogP contribution in [0.3, 0.4) is 0 Å². The van der Waals surface area contributed by atoms with Gasteiger partial charge in [0.2, 0.25) is 17.8 Å². The van der Waals surface area contributed by atoms with E-state index in [4.69, 9.17) is 53.7 Å². The van der Waals surface area contributed by atoms with Crippen molar-refractivity contribution in [3.63, 3.8) is 0 Å². The Morgan fingerprint density at radius 3 is 1.00 bits per heavy atom. The molecule has 0 spiro atoms. The highest BCUT2D eigenvalue weighted by Gasteiger charge is 2.36. The van der Waals surface area contributed by atoms with Gasteiger partial charge in [0.15, 0.2) is 34.9 Å². The first-order chi connectivity index (χ1) is 63.7. The molecule has 129 heavy (non-hydrogen) atoms. The van der Waals surface area contributed by atoms with Crippen molar-refractivity contribution in [2.24, 2.45) is 0 Å². The van der Waals surface area contributed by atoms with Crippen molar-refractivity contribution in [1.29, 1.82) is 0 Å². The average Bonchev–Trinajstić information content (AvgIpc) is 1.57. The third-order valence-electron chi connectivity index (χ3n) is 25.2. The van der Waals surface area contributed by atoms with E-state index in [9.17, 15) is 0 Å². The van der Waals surface area contributed by atoms with Gasteiger partial charge in [0.05, 0.1) is 43.9 Å². The molecular formula is C114H72N12O2S. The number of furan rings is 2. The molecule has 1 aliphatic carbocycles. The van der Waals surface area contributed by atoms with Crippen LogP contribution in [0, 0.1) is 0 Å². The number of nitrogens with zero attached hydrogens (tertiary/aromatic N) is 12. The van der Waals surface area contributed by atoms with Crippen LogP contribution in [-0.4, -0.2) is 58.6 Å². The zero-order valence-corrected chi connectivity index (χ0v) is 70.5. The van der Waals surface area contributed by atoms with Gasteiger partial charge in [-0.3, -0.25) is 13.7 Å². The maximum atomic E-state index is 6.49. The van der Waals surface area contributed by atoms with Crippen LogP contribution in [0.2, 0.25) is 0 Å². The highest BCUT2D eigenvalue weighted by atomic mass is 32.1. The predicted molar refractivity (Wildman–Crippen MR) is 526 cm³/mol. The number of benzene rings is 17. The Balaban J connectivity index is 0.000000105. The Kier molecular flexibility index (Phi) is 17.4. The van der Waals surface area contributed by atoms with Crippen molar-refractivity contribution < 1.29 is 8.83 Å². The van der Waals surface area contributed by atoms with E-state index in [1.165, 1.54) is 58.8 Å². The standard InChI is InChI=1S/C42H28N4S.C39H24N4O.C33H20N4O/c1-42(2)32-17-9-6-14-27(32)28-21-20-26(24-33(28)42)40-43-39(25-12-4-3-5-13-25)44-41(45-40)46-34-18-10-7-16-31(34)37-35(46)23-22-30-29-15-8-11-19-36(29)47-38(30)37;1-3-11-25(12-4-1)26-19-21-28(22-20-26)38-40-37(27-13-5-2-6-14-27)41-39(42-38)43-32-17-9-7-16-31(32)35-33(43)24-23-30-29-15-8-10-18-34(29)44-36(30)35;1-3-11-21(12-4-1)31-34-32(22-13-5-2-6-14-22)36-33(35-31)37-26-17-9-7-16-25(26)29-27(37)20-19-24-23-15-8-10-18-28(23)38-30(24)29/h3-24H,1-2H3;1-24H;1-20H. The molecule has 0 saturated carbocycles. The van der Waals surface area contributed by atoms with Gasteiger partial charge in [-0.05, 0) is 106 Å². The van der Waals surface area contributed by atoms with Gasteiger partial charge in [0.1, 0.15) is 22.3 Å². The molecule has 0 saturated heterocycles. The van der Waals surface area contributed by atoms with Crippen molar-refractivity contribution in [3.05, 3.63) is 412 Å².